The molecule has 2 rings (SSSR count). The zero-order chi connectivity index (χ0) is 10.9. The molecule has 0 radical (unpaired) electrons. The maximum Gasteiger partial charge on any atom is 0.0530 e. The van der Waals surface area contributed by atoms with Crippen molar-refractivity contribution in [2.24, 2.45) is 0 Å². The summed E-state index contributed by atoms with van der Waals surface area (Å²) in [5.74, 6) is 0. The summed E-state index contributed by atoms with van der Waals surface area (Å²) in [6.07, 6.45) is 8.46. The Morgan fingerprint density at radius 2 is 2.20 bits per heavy atom. The van der Waals surface area contributed by atoms with Gasteiger partial charge in [-0.3, -0.25) is 4.68 Å². The van der Waals surface area contributed by atoms with Gasteiger partial charge in [-0.2, -0.15) is 5.10 Å². The van der Waals surface area contributed by atoms with Gasteiger partial charge in [0.15, 0.2) is 0 Å². The third kappa shape index (κ3) is 1.95. The molecule has 1 aliphatic heterocycles. The third-order valence-corrected chi connectivity index (χ3v) is 3.59. The highest BCUT2D eigenvalue weighted by Gasteiger charge is 2.26. The molecule has 1 aliphatic rings. The number of rotatable bonds is 3. The molecule has 0 bridgehead atoms. The van der Waals surface area contributed by atoms with Gasteiger partial charge in [0.1, 0.15) is 0 Å². The van der Waals surface area contributed by atoms with Crippen LogP contribution in [-0.2, 0) is 18.4 Å². The molecular weight excluding hydrogens is 184 g/mol. The highest BCUT2D eigenvalue weighted by atomic mass is 15.3. The first-order valence-electron chi connectivity index (χ1n) is 6.20. The second-order valence-corrected chi connectivity index (χ2v) is 5.32. The van der Waals surface area contributed by atoms with Crippen LogP contribution >= 0.6 is 0 Å². The summed E-state index contributed by atoms with van der Waals surface area (Å²) in [6, 6.07) is 0. The second kappa shape index (κ2) is 3.99. The smallest absolute Gasteiger partial charge is 0.0530 e. The second-order valence-electron chi connectivity index (χ2n) is 5.32. The lowest BCUT2D eigenvalue weighted by Crippen LogP contribution is -2.20. The van der Waals surface area contributed by atoms with Gasteiger partial charge < -0.3 is 0 Å². The minimum Gasteiger partial charge on any atom is -0.269 e. The molecule has 2 heteroatoms. The number of hydrogen-bond acceptors (Lipinski definition) is 1. The van der Waals surface area contributed by atoms with Crippen LogP contribution in [0.25, 0.3) is 0 Å². The van der Waals surface area contributed by atoms with Gasteiger partial charge in [0.05, 0.1) is 6.20 Å². The van der Waals surface area contributed by atoms with Crippen molar-refractivity contribution in [3.8, 4) is 0 Å². The van der Waals surface area contributed by atoms with Gasteiger partial charge in [-0.15, -0.1) is 0 Å². The van der Waals surface area contributed by atoms with E-state index in [9.17, 15) is 0 Å². The molecule has 0 N–H and O–H groups in total. The van der Waals surface area contributed by atoms with Gasteiger partial charge in [-0.05, 0) is 36.7 Å². The van der Waals surface area contributed by atoms with E-state index in [0.29, 0.717) is 5.41 Å². The third-order valence-electron chi connectivity index (χ3n) is 3.59. The zero-order valence-electron chi connectivity index (χ0n) is 10.2. The molecule has 0 aliphatic carbocycles. The topological polar surface area (TPSA) is 17.8 Å². The van der Waals surface area contributed by atoms with Gasteiger partial charge in [0, 0.05) is 12.2 Å². The molecule has 15 heavy (non-hydrogen) atoms. The van der Waals surface area contributed by atoms with Crippen molar-refractivity contribution >= 4 is 0 Å². The van der Waals surface area contributed by atoms with E-state index < -0.39 is 0 Å². The van der Waals surface area contributed by atoms with Crippen LogP contribution in [0.3, 0.4) is 0 Å². The van der Waals surface area contributed by atoms with Crippen molar-refractivity contribution in [3.63, 3.8) is 0 Å². The molecule has 0 aromatic carbocycles. The lowest BCUT2D eigenvalue weighted by Gasteiger charge is -2.26. The minimum atomic E-state index is 0.305. The SMILES string of the molecule is CCCC(C)(C)c1cnn2c1CCCC2. The van der Waals surface area contributed by atoms with Crippen LogP contribution in [0.2, 0.25) is 0 Å². The molecule has 0 saturated carbocycles. The monoisotopic (exact) mass is 206 g/mol. The van der Waals surface area contributed by atoms with Crippen molar-refractivity contribution < 1.29 is 0 Å². The average Bonchev–Trinajstić information content (AvgIpc) is 2.61. The van der Waals surface area contributed by atoms with Gasteiger partial charge in [-0.25, -0.2) is 0 Å². The Morgan fingerprint density at radius 3 is 2.93 bits per heavy atom. The molecule has 1 aromatic rings. The summed E-state index contributed by atoms with van der Waals surface area (Å²) < 4.78 is 2.22. The molecule has 1 aromatic heterocycles. The lowest BCUT2D eigenvalue weighted by atomic mass is 9.80. The first kappa shape index (κ1) is 10.7. The Labute approximate surface area is 92.7 Å². The minimum absolute atomic E-state index is 0.305. The van der Waals surface area contributed by atoms with Crippen LogP contribution in [-0.4, -0.2) is 9.78 Å². The van der Waals surface area contributed by atoms with Crippen LogP contribution in [0.4, 0.5) is 0 Å². The Hall–Kier alpha value is -0.790. The molecule has 0 saturated heterocycles. The Bertz CT molecular complexity index is 336. The Morgan fingerprint density at radius 1 is 1.40 bits per heavy atom. The van der Waals surface area contributed by atoms with Crippen LogP contribution < -0.4 is 0 Å². The molecule has 2 nitrogen and oxygen atoms in total. The molecule has 0 atom stereocenters. The molecule has 84 valence electrons. The highest BCUT2D eigenvalue weighted by Crippen LogP contribution is 2.32. The van der Waals surface area contributed by atoms with Crippen LogP contribution in [0.15, 0.2) is 6.20 Å². The number of aryl methyl sites for hydroxylation is 1. The summed E-state index contributed by atoms with van der Waals surface area (Å²) in [5, 5.41) is 4.52. The number of nitrogens with zero attached hydrogens (tertiary/aromatic N) is 2. The zero-order valence-corrected chi connectivity index (χ0v) is 10.2. The quantitative estimate of drug-likeness (QED) is 0.742. The van der Waals surface area contributed by atoms with Gasteiger partial charge in [0.2, 0.25) is 0 Å². The van der Waals surface area contributed by atoms with E-state index in [0.717, 1.165) is 6.54 Å². The van der Waals surface area contributed by atoms with E-state index in [-0.39, 0.29) is 0 Å². The van der Waals surface area contributed by atoms with E-state index >= 15 is 0 Å². The van der Waals surface area contributed by atoms with E-state index in [1.165, 1.54) is 43.4 Å². The van der Waals surface area contributed by atoms with Crippen LogP contribution in [0.5, 0.6) is 0 Å². The number of fused-ring (bicyclic) bond motifs is 1. The molecule has 0 spiro atoms. The van der Waals surface area contributed by atoms with Crippen molar-refractivity contribution in [1.29, 1.82) is 0 Å². The van der Waals surface area contributed by atoms with Crippen molar-refractivity contribution in [2.75, 3.05) is 0 Å². The van der Waals surface area contributed by atoms with Gasteiger partial charge >= 0.3 is 0 Å². The summed E-state index contributed by atoms with van der Waals surface area (Å²) in [7, 11) is 0. The molecule has 2 heterocycles. The maximum atomic E-state index is 4.52. The van der Waals surface area contributed by atoms with Gasteiger partial charge in [-0.1, -0.05) is 27.2 Å². The summed E-state index contributed by atoms with van der Waals surface area (Å²) in [5.41, 5.74) is 3.29. The fourth-order valence-corrected chi connectivity index (χ4v) is 2.75. The fraction of sp³-hybridized carbons (Fsp3) is 0.769. The van der Waals surface area contributed by atoms with Crippen molar-refractivity contribution in [3.05, 3.63) is 17.5 Å². The summed E-state index contributed by atoms with van der Waals surface area (Å²) in [4.78, 5) is 0. The number of aromatic nitrogens is 2. The lowest BCUT2D eigenvalue weighted by molar-refractivity contribution is 0.447. The average molecular weight is 206 g/mol. The van der Waals surface area contributed by atoms with Crippen LogP contribution in [0, 0.1) is 0 Å². The number of hydrogen-bond donors (Lipinski definition) is 0. The first-order chi connectivity index (χ1) is 7.15. The van der Waals surface area contributed by atoms with E-state index in [1.807, 2.05) is 0 Å². The Kier molecular flexibility index (Phi) is 2.85. The standard InChI is InChI=1S/C13H22N2/c1-4-8-13(2,3)11-10-14-15-9-6-5-7-12(11)15/h10H,4-9H2,1-3H3. The Balaban J connectivity index is 2.32. The predicted octanol–water partition coefficient (Wildman–Crippen LogP) is 3.30. The maximum absolute atomic E-state index is 4.52. The summed E-state index contributed by atoms with van der Waals surface area (Å²) in [6.45, 7) is 8.08. The molecular formula is C13H22N2. The van der Waals surface area contributed by atoms with Crippen LogP contribution in [0.1, 0.15) is 57.7 Å². The van der Waals surface area contributed by atoms with Gasteiger partial charge in [0.25, 0.3) is 0 Å². The highest BCUT2D eigenvalue weighted by molar-refractivity contribution is 5.27. The van der Waals surface area contributed by atoms with E-state index in [1.54, 1.807) is 0 Å². The normalized spacial score (nSPS) is 16.5. The van der Waals surface area contributed by atoms with E-state index in [4.69, 9.17) is 0 Å². The molecule has 0 unspecified atom stereocenters. The fourth-order valence-electron chi connectivity index (χ4n) is 2.75. The summed E-state index contributed by atoms with van der Waals surface area (Å²) >= 11 is 0. The van der Waals surface area contributed by atoms with E-state index in [2.05, 4.69) is 36.7 Å². The molecule has 0 fully saturated rings. The van der Waals surface area contributed by atoms with Crippen molar-refractivity contribution in [1.82, 2.24) is 9.78 Å². The predicted molar refractivity (Wildman–Crippen MR) is 63.1 cm³/mol. The van der Waals surface area contributed by atoms with Crippen molar-refractivity contribution in [2.45, 2.75) is 64.8 Å². The first-order valence-corrected chi connectivity index (χ1v) is 6.20. The largest absolute Gasteiger partial charge is 0.269 e. The molecule has 0 amide bonds.